The third-order valence-corrected chi connectivity index (χ3v) is 8.08. The third kappa shape index (κ3) is 4.71. The number of carbonyl (C=O) groups is 3. The molecule has 0 bridgehead atoms. The number of hydrogen-bond donors (Lipinski definition) is 3. The highest BCUT2D eigenvalue weighted by Gasteiger charge is 2.31. The van der Waals surface area contributed by atoms with Crippen molar-refractivity contribution in [1.29, 1.82) is 0 Å². The van der Waals surface area contributed by atoms with E-state index in [1.54, 1.807) is 43.5 Å². The summed E-state index contributed by atoms with van der Waals surface area (Å²) in [5.74, 6) is -1.88. The van der Waals surface area contributed by atoms with Gasteiger partial charge in [0, 0.05) is 66.4 Å². The van der Waals surface area contributed by atoms with Crippen LogP contribution in [0.15, 0.2) is 60.9 Å². The van der Waals surface area contributed by atoms with E-state index in [1.807, 2.05) is 0 Å². The summed E-state index contributed by atoms with van der Waals surface area (Å²) in [6, 6.07) is 12.6. The Bertz CT molecular complexity index is 2020. The fourth-order valence-electron chi connectivity index (χ4n) is 5.80. The summed E-state index contributed by atoms with van der Waals surface area (Å²) in [5.41, 5.74) is 6.08. The van der Waals surface area contributed by atoms with Crippen molar-refractivity contribution in [2.24, 2.45) is 0 Å². The van der Waals surface area contributed by atoms with Crippen molar-refractivity contribution in [3.63, 3.8) is 0 Å². The predicted octanol–water partition coefficient (Wildman–Crippen LogP) is 4.55. The van der Waals surface area contributed by atoms with Crippen molar-refractivity contribution in [1.82, 2.24) is 30.3 Å². The molecule has 0 atom stereocenters. The van der Waals surface area contributed by atoms with E-state index in [0.29, 0.717) is 65.3 Å². The van der Waals surface area contributed by atoms with Crippen LogP contribution >= 0.6 is 11.6 Å². The number of benzene rings is 1. The molecule has 5 aromatic rings. The van der Waals surface area contributed by atoms with Crippen LogP contribution in [0.25, 0.3) is 33.8 Å². The third-order valence-electron chi connectivity index (χ3n) is 7.87. The molecule has 0 saturated heterocycles. The molecule has 7 rings (SSSR count). The number of aromatic amines is 1. The number of fused-ring (bicyclic) bond motifs is 2. The molecule has 1 aromatic carbocycles. The lowest BCUT2D eigenvalue weighted by molar-refractivity contribution is 0.0452. The van der Waals surface area contributed by atoms with Gasteiger partial charge in [-0.2, -0.15) is 4.73 Å². The average molecular weight is 611 g/mol. The molecule has 0 fully saturated rings. The van der Waals surface area contributed by atoms with Crippen molar-refractivity contribution in [2.45, 2.75) is 19.8 Å². The lowest BCUT2D eigenvalue weighted by Gasteiger charge is -2.17. The van der Waals surface area contributed by atoms with Gasteiger partial charge in [-0.25, -0.2) is 14.2 Å². The van der Waals surface area contributed by atoms with Crippen LogP contribution in [0.5, 0.6) is 0 Å². The van der Waals surface area contributed by atoms with Crippen LogP contribution in [-0.4, -0.2) is 50.6 Å². The van der Waals surface area contributed by atoms with E-state index in [-0.39, 0.29) is 28.1 Å². The highest BCUT2D eigenvalue weighted by Crippen LogP contribution is 2.34. The lowest BCUT2D eigenvalue weighted by atomic mass is 10.0. The number of nitrogens with zero attached hydrogens (tertiary/aromatic N) is 3. The minimum Gasteiger partial charge on any atom is -0.358 e. The van der Waals surface area contributed by atoms with Crippen LogP contribution in [-0.2, 0) is 12.8 Å². The molecule has 2 aliphatic rings. The number of pyridine rings is 2. The van der Waals surface area contributed by atoms with Gasteiger partial charge in [0.2, 0.25) is 0 Å². The Kier molecular flexibility index (Phi) is 6.74. The van der Waals surface area contributed by atoms with Gasteiger partial charge in [0.1, 0.15) is 11.0 Å². The van der Waals surface area contributed by atoms with Gasteiger partial charge in [-0.15, -0.1) is 0 Å². The number of carbonyl (C=O) groups excluding carboxylic acids is 3. The van der Waals surface area contributed by atoms with Gasteiger partial charge in [-0.1, -0.05) is 11.6 Å². The predicted molar refractivity (Wildman–Crippen MR) is 160 cm³/mol. The van der Waals surface area contributed by atoms with Gasteiger partial charge in [-0.3, -0.25) is 14.6 Å². The molecule has 6 heterocycles. The molecule has 2 amide bonds. The first-order valence-electron chi connectivity index (χ1n) is 13.9. The number of aromatic nitrogens is 4. The van der Waals surface area contributed by atoms with Crippen LogP contribution in [0, 0.1) is 12.7 Å². The minimum atomic E-state index is -0.808. The molecule has 44 heavy (non-hydrogen) atoms. The molecule has 10 nitrogen and oxygen atoms in total. The van der Waals surface area contributed by atoms with E-state index < -0.39 is 11.8 Å². The Hall–Kier alpha value is -5.29. The van der Waals surface area contributed by atoms with E-state index in [2.05, 4.69) is 25.6 Å². The topological polar surface area (TPSA) is 131 Å². The SMILES string of the molecule is Cc1c2c(n(OC(=O)c3ccc(-c4cc(-c5cc6c([nH]5)CCNC6=O)ccn4)c(F)c3)c1-c1ccnc(Cl)c1)CCNC2=O. The fourth-order valence-corrected chi connectivity index (χ4v) is 5.97. The van der Waals surface area contributed by atoms with Gasteiger partial charge in [-0.05, 0) is 61.0 Å². The standard InChI is InChI=1S/C32H24ClFN6O4/c1-16-28-26(7-11-38-31(28)42)40(29(16)18-5-9-36-27(33)14-18)44-32(43)19-2-3-20(22(34)12-19)25-13-17(4-8-35-25)24-15-21-23(39-24)6-10-37-30(21)41/h2-5,8-9,12-15,39H,6-7,10-11H2,1H3,(H,37,41)(H,38,42). The first-order chi connectivity index (χ1) is 21.3. The molecule has 220 valence electrons. The Morgan fingerprint density at radius 2 is 1.70 bits per heavy atom. The number of halogens is 2. The Morgan fingerprint density at radius 1 is 0.932 bits per heavy atom. The first-order valence-corrected chi connectivity index (χ1v) is 14.3. The largest absolute Gasteiger partial charge is 0.363 e. The Morgan fingerprint density at radius 3 is 2.50 bits per heavy atom. The summed E-state index contributed by atoms with van der Waals surface area (Å²) in [6.45, 7) is 2.70. The van der Waals surface area contributed by atoms with E-state index in [1.165, 1.54) is 23.1 Å². The Balaban J connectivity index is 1.20. The molecule has 0 unspecified atom stereocenters. The zero-order chi connectivity index (χ0) is 30.5. The van der Waals surface area contributed by atoms with Gasteiger partial charge in [0.15, 0.2) is 0 Å². The number of hydrogen-bond acceptors (Lipinski definition) is 6. The summed E-state index contributed by atoms with van der Waals surface area (Å²) < 4.78 is 16.9. The summed E-state index contributed by atoms with van der Waals surface area (Å²) in [7, 11) is 0. The van der Waals surface area contributed by atoms with Crippen LogP contribution in [0.3, 0.4) is 0 Å². The van der Waals surface area contributed by atoms with Crippen LogP contribution < -0.4 is 15.5 Å². The molecule has 4 aromatic heterocycles. The molecule has 0 saturated carbocycles. The van der Waals surface area contributed by atoms with E-state index in [4.69, 9.17) is 16.4 Å². The number of rotatable bonds is 5. The molecule has 3 N–H and O–H groups in total. The van der Waals surface area contributed by atoms with Crippen molar-refractivity contribution in [3.8, 4) is 33.8 Å². The molecular weight excluding hydrogens is 587 g/mol. The average Bonchev–Trinajstić information content (AvgIpc) is 3.58. The first kappa shape index (κ1) is 27.5. The zero-order valence-electron chi connectivity index (χ0n) is 23.3. The molecule has 0 spiro atoms. The van der Waals surface area contributed by atoms with Crippen LogP contribution in [0.1, 0.15) is 48.0 Å². The molecule has 2 aliphatic heterocycles. The maximum atomic E-state index is 15.5. The fraction of sp³-hybridized carbons (Fsp3) is 0.156. The molecule has 0 radical (unpaired) electrons. The van der Waals surface area contributed by atoms with E-state index in [9.17, 15) is 14.4 Å². The minimum absolute atomic E-state index is 0.0236. The smallest absolute Gasteiger partial charge is 0.358 e. The second kappa shape index (κ2) is 10.8. The van der Waals surface area contributed by atoms with E-state index in [0.717, 1.165) is 23.0 Å². The summed E-state index contributed by atoms with van der Waals surface area (Å²) in [4.78, 5) is 55.8. The second-order valence-corrected chi connectivity index (χ2v) is 10.9. The highest BCUT2D eigenvalue weighted by molar-refractivity contribution is 6.29. The molecular formula is C32H24ClFN6O4. The maximum absolute atomic E-state index is 15.5. The lowest BCUT2D eigenvalue weighted by Crippen LogP contribution is -2.34. The number of H-pyrrole nitrogens is 1. The highest BCUT2D eigenvalue weighted by atomic mass is 35.5. The molecule has 0 aliphatic carbocycles. The monoisotopic (exact) mass is 610 g/mol. The van der Waals surface area contributed by atoms with Gasteiger partial charge >= 0.3 is 5.97 Å². The van der Waals surface area contributed by atoms with Crippen molar-refractivity contribution < 1.29 is 23.6 Å². The summed E-state index contributed by atoms with van der Waals surface area (Å²) >= 11 is 6.14. The maximum Gasteiger partial charge on any atom is 0.363 e. The molecule has 12 heteroatoms. The van der Waals surface area contributed by atoms with Crippen molar-refractivity contribution in [2.75, 3.05) is 13.1 Å². The van der Waals surface area contributed by atoms with Crippen molar-refractivity contribution >= 4 is 29.4 Å². The van der Waals surface area contributed by atoms with Gasteiger partial charge in [0.25, 0.3) is 11.8 Å². The Labute approximate surface area is 255 Å². The van der Waals surface area contributed by atoms with Crippen LogP contribution in [0.4, 0.5) is 4.39 Å². The number of nitrogens with one attached hydrogen (secondary N) is 3. The van der Waals surface area contributed by atoms with Gasteiger partial charge < -0.3 is 20.5 Å². The van der Waals surface area contributed by atoms with Crippen molar-refractivity contribution in [3.05, 3.63) is 106 Å². The van der Waals surface area contributed by atoms with E-state index >= 15 is 4.39 Å². The van der Waals surface area contributed by atoms with Crippen LogP contribution in [0.2, 0.25) is 5.15 Å². The summed E-state index contributed by atoms with van der Waals surface area (Å²) in [5, 5.41) is 5.88. The van der Waals surface area contributed by atoms with Gasteiger partial charge in [0.05, 0.1) is 33.8 Å². The quantitative estimate of drug-likeness (QED) is 0.250. The number of amides is 2. The second-order valence-electron chi connectivity index (χ2n) is 10.5. The summed E-state index contributed by atoms with van der Waals surface area (Å²) in [6.07, 6.45) is 4.21. The normalized spacial score (nSPS) is 14.0. The zero-order valence-corrected chi connectivity index (χ0v) is 24.1.